The monoisotopic (exact) mass is 261 g/mol. The molecule has 0 saturated carbocycles. The molecule has 1 aliphatic heterocycles. The number of nitrogens with zero attached hydrogens (tertiary/aromatic N) is 1. The molecule has 3 amide bonds. The first-order chi connectivity index (χ1) is 8.99. The lowest BCUT2D eigenvalue weighted by Gasteiger charge is -2.11. The normalized spacial score (nSPS) is 19.0. The molecule has 1 atom stereocenters. The van der Waals surface area contributed by atoms with Crippen LogP contribution in [0.25, 0.3) is 0 Å². The highest BCUT2D eigenvalue weighted by Gasteiger charge is 2.35. The van der Waals surface area contributed by atoms with Crippen molar-refractivity contribution in [1.82, 2.24) is 10.2 Å². The average Bonchev–Trinajstić information content (AvgIpc) is 2.64. The summed E-state index contributed by atoms with van der Waals surface area (Å²) in [7, 11) is 1.47. The van der Waals surface area contributed by atoms with E-state index in [0.717, 1.165) is 10.5 Å². The van der Waals surface area contributed by atoms with Crippen molar-refractivity contribution in [3.05, 3.63) is 35.4 Å². The summed E-state index contributed by atoms with van der Waals surface area (Å²) in [5.74, 6) is -0.904. The molecule has 1 heterocycles. The zero-order valence-corrected chi connectivity index (χ0v) is 10.6. The van der Waals surface area contributed by atoms with E-state index in [0.29, 0.717) is 12.1 Å². The van der Waals surface area contributed by atoms with Gasteiger partial charge >= 0.3 is 0 Å². The molecule has 0 radical (unpaired) electrons. The average molecular weight is 261 g/mol. The third-order valence-corrected chi connectivity index (χ3v) is 3.15. The number of carbonyl (C=O) groups is 3. The van der Waals surface area contributed by atoms with Crippen LogP contribution in [0, 0.1) is 0 Å². The number of carbonyl (C=O) groups excluding carboxylic acids is 3. The highest BCUT2D eigenvalue weighted by Crippen LogP contribution is 2.12. The summed E-state index contributed by atoms with van der Waals surface area (Å²) in [5, 5.41) is 3.01. The number of likely N-dealkylation sites (N-methyl/N-ethyl adjacent to an activating group) is 1. The van der Waals surface area contributed by atoms with Crippen molar-refractivity contribution in [3.63, 3.8) is 0 Å². The highest BCUT2D eigenvalue weighted by molar-refractivity contribution is 6.05. The van der Waals surface area contributed by atoms with E-state index in [1.54, 1.807) is 18.2 Å². The maximum atomic E-state index is 11.7. The van der Waals surface area contributed by atoms with Gasteiger partial charge in [-0.1, -0.05) is 12.1 Å². The van der Waals surface area contributed by atoms with Crippen LogP contribution in [0.3, 0.4) is 0 Å². The van der Waals surface area contributed by atoms with E-state index in [9.17, 15) is 14.4 Å². The number of primary amides is 1. The molecule has 100 valence electrons. The third-order valence-electron chi connectivity index (χ3n) is 3.15. The van der Waals surface area contributed by atoms with E-state index < -0.39 is 11.9 Å². The van der Waals surface area contributed by atoms with E-state index in [-0.39, 0.29) is 18.2 Å². The molecule has 6 nitrogen and oxygen atoms in total. The number of benzene rings is 1. The lowest BCUT2D eigenvalue weighted by molar-refractivity contribution is -0.137. The number of hydrogen-bond donors (Lipinski definition) is 2. The van der Waals surface area contributed by atoms with E-state index >= 15 is 0 Å². The Morgan fingerprint density at radius 2 is 2.21 bits per heavy atom. The maximum absolute atomic E-state index is 11.7. The van der Waals surface area contributed by atoms with Crippen LogP contribution in [-0.4, -0.2) is 35.7 Å². The number of hydrogen-bond acceptors (Lipinski definition) is 4. The van der Waals surface area contributed by atoms with Gasteiger partial charge in [-0.05, 0) is 17.7 Å². The van der Waals surface area contributed by atoms with Gasteiger partial charge in [0.1, 0.15) is 0 Å². The van der Waals surface area contributed by atoms with E-state index in [2.05, 4.69) is 5.32 Å². The maximum Gasteiger partial charge on any atom is 0.248 e. The topological polar surface area (TPSA) is 92.5 Å². The molecule has 1 saturated heterocycles. The number of nitrogens with two attached hydrogens (primary N) is 1. The van der Waals surface area contributed by atoms with Gasteiger partial charge in [0.2, 0.25) is 17.7 Å². The number of amides is 3. The van der Waals surface area contributed by atoms with Gasteiger partial charge in [0.25, 0.3) is 0 Å². The van der Waals surface area contributed by atoms with Crippen LogP contribution in [0.1, 0.15) is 22.3 Å². The van der Waals surface area contributed by atoms with Gasteiger partial charge in [-0.3, -0.25) is 19.3 Å². The van der Waals surface area contributed by atoms with Gasteiger partial charge < -0.3 is 11.1 Å². The summed E-state index contributed by atoms with van der Waals surface area (Å²) in [4.78, 5) is 35.2. The second-order valence-electron chi connectivity index (χ2n) is 4.49. The first-order valence-electron chi connectivity index (χ1n) is 5.91. The summed E-state index contributed by atoms with van der Waals surface area (Å²) in [6.07, 6.45) is 0.171. The minimum Gasteiger partial charge on any atom is -0.366 e. The minimum atomic E-state index is -0.492. The smallest absolute Gasteiger partial charge is 0.248 e. The quantitative estimate of drug-likeness (QED) is 0.723. The Morgan fingerprint density at radius 1 is 1.47 bits per heavy atom. The SMILES string of the molecule is CN1C(=O)CC(NCc2cccc(C(N)=O)c2)C1=O. The third kappa shape index (κ3) is 2.79. The molecule has 0 spiro atoms. The molecule has 1 unspecified atom stereocenters. The molecule has 1 aromatic rings. The zero-order valence-electron chi connectivity index (χ0n) is 10.6. The first-order valence-corrected chi connectivity index (χ1v) is 5.91. The van der Waals surface area contributed by atoms with Crippen LogP contribution in [-0.2, 0) is 16.1 Å². The van der Waals surface area contributed by atoms with Gasteiger partial charge in [0, 0.05) is 19.2 Å². The summed E-state index contributed by atoms with van der Waals surface area (Å²) in [6, 6.07) is 6.36. The van der Waals surface area contributed by atoms with Crippen molar-refractivity contribution in [2.24, 2.45) is 5.73 Å². The summed E-state index contributed by atoms with van der Waals surface area (Å²) in [5.41, 5.74) is 6.46. The number of imide groups is 1. The summed E-state index contributed by atoms with van der Waals surface area (Å²) in [6.45, 7) is 0.401. The molecule has 1 aromatic carbocycles. The van der Waals surface area contributed by atoms with Crippen LogP contribution >= 0.6 is 0 Å². The molecule has 2 rings (SSSR count). The second kappa shape index (κ2) is 5.19. The Morgan fingerprint density at radius 3 is 2.79 bits per heavy atom. The fourth-order valence-corrected chi connectivity index (χ4v) is 1.99. The molecular formula is C13H15N3O3. The van der Waals surface area contributed by atoms with Crippen LogP contribution in [0.4, 0.5) is 0 Å². The minimum absolute atomic E-state index is 0.171. The van der Waals surface area contributed by atoms with Gasteiger partial charge in [-0.2, -0.15) is 0 Å². The van der Waals surface area contributed by atoms with Crippen molar-refractivity contribution in [1.29, 1.82) is 0 Å². The number of likely N-dealkylation sites (tertiary alicyclic amines) is 1. The molecule has 3 N–H and O–H groups in total. The fourth-order valence-electron chi connectivity index (χ4n) is 1.99. The number of nitrogens with one attached hydrogen (secondary N) is 1. The molecule has 1 aliphatic rings. The molecule has 0 aliphatic carbocycles. The second-order valence-corrected chi connectivity index (χ2v) is 4.49. The Balaban J connectivity index is 2.00. The van der Waals surface area contributed by atoms with E-state index in [1.165, 1.54) is 7.05 Å². The molecule has 0 aromatic heterocycles. The zero-order chi connectivity index (χ0) is 14.0. The lowest BCUT2D eigenvalue weighted by atomic mass is 10.1. The van der Waals surface area contributed by atoms with Crippen LogP contribution in [0.15, 0.2) is 24.3 Å². The molecule has 1 fully saturated rings. The largest absolute Gasteiger partial charge is 0.366 e. The van der Waals surface area contributed by atoms with Crippen molar-refractivity contribution in [3.8, 4) is 0 Å². The van der Waals surface area contributed by atoms with Crippen LogP contribution in [0.2, 0.25) is 0 Å². The molecule has 0 bridgehead atoms. The molecule has 19 heavy (non-hydrogen) atoms. The number of rotatable bonds is 4. The van der Waals surface area contributed by atoms with Crippen LogP contribution < -0.4 is 11.1 Å². The first kappa shape index (κ1) is 13.2. The summed E-state index contributed by atoms with van der Waals surface area (Å²) < 4.78 is 0. The van der Waals surface area contributed by atoms with Crippen molar-refractivity contribution in [2.75, 3.05) is 7.05 Å². The van der Waals surface area contributed by atoms with Crippen molar-refractivity contribution < 1.29 is 14.4 Å². The predicted octanol–water partition coefficient (Wildman–Crippen LogP) is -0.368. The standard InChI is InChI=1S/C13H15N3O3/c1-16-11(17)6-10(13(16)19)15-7-8-3-2-4-9(5-8)12(14)18/h2-5,10,15H,6-7H2,1H3,(H2,14,18). The van der Waals surface area contributed by atoms with Gasteiger partial charge in [0.15, 0.2) is 0 Å². The molecule has 6 heteroatoms. The highest BCUT2D eigenvalue weighted by atomic mass is 16.2. The van der Waals surface area contributed by atoms with Crippen LogP contribution in [0.5, 0.6) is 0 Å². The van der Waals surface area contributed by atoms with Crippen molar-refractivity contribution >= 4 is 17.7 Å². The Hall–Kier alpha value is -2.21. The Labute approximate surface area is 110 Å². The van der Waals surface area contributed by atoms with Crippen molar-refractivity contribution in [2.45, 2.75) is 19.0 Å². The Bertz CT molecular complexity index is 542. The summed E-state index contributed by atoms with van der Waals surface area (Å²) >= 11 is 0. The molecular weight excluding hydrogens is 246 g/mol. The van der Waals surface area contributed by atoms with E-state index in [1.807, 2.05) is 6.07 Å². The predicted molar refractivity (Wildman–Crippen MR) is 68.0 cm³/mol. The van der Waals surface area contributed by atoms with Gasteiger partial charge in [0.05, 0.1) is 12.5 Å². The van der Waals surface area contributed by atoms with Gasteiger partial charge in [-0.25, -0.2) is 0 Å². The van der Waals surface area contributed by atoms with E-state index in [4.69, 9.17) is 5.73 Å². The Kier molecular flexibility index (Phi) is 3.62. The van der Waals surface area contributed by atoms with Gasteiger partial charge in [-0.15, -0.1) is 0 Å². The fraction of sp³-hybridized carbons (Fsp3) is 0.308. The lowest BCUT2D eigenvalue weighted by Crippen LogP contribution is -2.36.